The average molecular weight is 478 g/mol. The van der Waals surface area contributed by atoms with E-state index in [9.17, 15) is 4.79 Å². The van der Waals surface area contributed by atoms with Gasteiger partial charge in [0.05, 0.1) is 17.2 Å². The van der Waals surface area contributed by atoms with Crippen molar-refractivity contribution in [3.05, 3.63) is 82.3 Å². The molecule has 4 rings (SSSR count). The summed E-state index contributed by atoms with van der Waals surface area (Å²) in [7, 11) is 0. The predicted molar refractivity (Wildman–Crippen MR) is 130 cm³/mol. The summed E-state index contributed by atoms with van der Waals surface area (Å²) in [5.74, 6) is 2.19. The maximum absolute atomic E-state index is 12.4. The van der Waals surface area contributed by atoms with E-state index in [1.54, 1.807) is 36.7 Å². The van der Waals surface area contributed by atoms with Crippen LogP contribution in [0.25, 0.3) is 22.8 Å². The zero-order valence-corrected chi connectivity index (χ0v) is 19.8. The number of rotatable bonds is 7. The Bertz CT molecular complexity index is 1320. The van der Waals surface area contributed by atoms with Crippen molar-refractivity contribution in [1.29, 1.82) is 0 Å². The molecule has 0 saturated carbocycles. The molecule has 0 atom stereocenters. The number of halogens is 1. The number of aromatic amines is 1. The molecular weight excluding hydrogens is 454 g/mol. The van der Waals surface area contributed by atoms with Gasteiger partial charge in [0.15, 0.2) is 11.6 Å². The molecule has 34 heavy (non-hydrogen) atoms. The molecule has 0 aliphatic rings. The van der Waals surface area contributed by atoms with Gasteiger partial charge < -0.3 is 9.47 Å². The zero-order valence-electron chi connectivity index (χ0n) is 19.1. The van der Waals surface area contributed by atoms with E-state index in [-0.39, 0.29) is 23.7 Å². The molecule has 2 heterocycles. The summed E-state index contributed by atoms with van der Waals surface area (Å²) in [6, 6.07) is 14.2. The van der Waals surface area contributed by atoms with E-state index in [1.807, 2.05) is 24.3 Å². The molecule has 0 aliphatic heterocycles. The van der Waals surface area contributed by atoms with Crippen molar-refractivity contribution in [2.24, 2.45) is 5.41 Å². The molecule has 4 aromatic rings. The molecule has 2 aromatic heterocycles. The number of aromatic nitrogens is 5. The summed E-state index contributed by atoms with van der Waals surface area (Å²) in [6.07, 6.45) is 3.27. The summed E-state index contributed by atoms with van der Waals surface area (Å²) < 4.78 is 11.7. The fourth-order valence-corrected chi connectivity index (χ4v) is 3.29. The van der Waals surface area contributed by atoms with Crippen LogP contribution in [0.5, 0.6) is 11.5 Å². The number of hydrogen-bond acceptors (Lipinski definition) is 7. The molecule has 0 spiro atoms. The van der Waals surface area contributed by atoms with E-state index in [0.29, 0.717) is 34.3 Å². The minimum Gasteiger partial charge on any atom is -0.493 e. The van der Waals surface area contributed by atoms with E-state index >= 15 is 0 Å². The van der Waals surface area contributed by atoms with Gasteiger partial charge in [0.25, 0.3) is 0 Å². The third-order valence-corrected chi connectivity index (χ3v) is 4.94. The standard InChI is InChI=1S/C25H24ClN5O3/c1-25(2,3)15-34-17-10-8-16(9-11-17)22-29-23(31-24(32)30-22)21-18(26)6-4-7-19(21)33-14-20-27-12-5-13-28-20/h4-13H,14-15H2,1-3H3,(H,29,30,31,32). The van der Waals surface area contributed by atoms with E-state index < -0.39 is 5.69 Å². The van der Waals surface area contributed by atoms with Gasteiger partial charge in [0.2, 0.25) is 0 Å². The average Bonchev–Trinajstić information content (AvgIpc) is 2.81. The van der Waals surface area contributed by atoms with Crippen LogP contribution in [0.2, 0.25) is 5.02 Å². The molecule has 0 radical (unpaired) electrons. The maximum atomic E-state index is 12.4. The first-order valence-corrected chi connectivity index (χ1v) is 11.1. The first kappa shape index (κ1) is 23.4. The van der Waals surface area contributed by atoms with Crippen LogP contribution in [0, 0.1) is 5.41 Å². The Morgan fingerprint density at radius 1 is 0.941 bits per heavy atom. The fraction of sp³-hybridized carbons (Fsp3) is 0.240. The van der Waals surface area contributed by atoms with E-state index in [1.165, 1.54) is 0 Å². The van der Waals surface area contributed by atoms with Crippen molar-refractivity contribution in [2.45, 2.75) is 27.4 Å². The van der Waals surface area contributed by atoms with Gasteiger partial charge in [-0.2, -0.15) is 4.98 Å². The molecule has 0 unspecified atom stereocenters. The molecule has 0 saturated heterocycles. The normalized spacial score (nSPS) is 11.3. The van der Waals surface area contributed by atoms with Gasteiger partial charge in [-0.15, -0.1) is 0 Å². The van der Waals surface area contributed by atoms with Crippen LogP contribution in [-0.2, 0) is 6.61 Å². The second-order valence-electron chi connectivity index (χ2n) is 8.77. The van der Waals surface area contributed by atoms with Gasteiger partial charge in [-0.1, -0.05) is 38.4 Å². The fourth-order valence-electron chi connectivity index (χ4n) is 3.03. The molecule has 174 valence electrons. The van der Waals surface area contributed by atoms with Gasteiger partial charge in [0.1, 0.15) is 23.9 Å². The number of hydrogen-bond donors (Lipinski definition) is 1. The summed E-state index contributed by atoms with van der Waals surface area (Å²) in [6.45, 7) is 7.03. The van der Waals surface area contributed by atoms with E-state index in [2.05, 4.69) is 45.7 Å². The molecule has 0 amide bonds. The minimum absolute atomic E-state index is 0.0464. The van der Waals surface area contributed by atoms with Crippen molar-refractivity contribution in [3.63, 3.8) is 0 Å². The first-order valence-electron chi connectivity index (χ1n) is 10.7. The highest BCUT2D eigenvalue weighted by Crippen LogP contribution is 2.35. The van der Waals surface area contributed by atoms with Crippen molar-refractivity contribution in [2.75, 3.05) is 6.61 Å². The summed E-state index contributed by atoms with van der Waals surface area (Å²) in [4.78, 5) is 32.0. The maximum Gasteiger partial charge on any atom is 0.348 e. The van der Waals surface area contributed by atoms with Crippen LogP contribution >= 0.6 is 11.6 Å². The Morgan fingerprint density at radius 3 is 2.38 bits per heavy atom. The van der Waals surface area contributed by atoms with E-state index in [0.717, 1.165) is 5.75 Å². The van der Waals surface area contributed by atoms with Crippen LogP contribution in [0.1, 0.15) is 26.6 Å². The number of ether oxygens (including phenoxy) is 2. The Hall–Kier alpha value is -3.78. The lowest BCUT2D eigenvalue weighted by Gasteiger charge is -2.18. The van der Waals surface area contributed by atoms with Crippen molar-refractivity contribution >= 4 is 11.6 Å². The van der Waals surface area contributed by atoms with Crippen molar-refractivity contribution in [3.8, 4) is 34.3 Å². The van der Waals surface area contributed by atoms with Gasteiger partial charge in [-0.05, 0) is 47.9 Å². The van der Waals surface area contributed by atoms with Crippen molar-refractivity contribution in [1.82, 2.24) is 24.9 Å². The molecule has 0 bridgehead atoms. The monoisotopic (exact) mass is 477 g/mol. The molecular formula is C25H24ClN5O3. The van der Waals surface area contributed by atoms with Crippen LogP contribution in [-0.4, -0.2) is 31.5 Å². The number of nitrogens with zero attached hydrogens (tertiary/aromatic N) is 4. The molecule has 9 heteroatoms. The molecule has 1 N–H and O–H groups in total. The SMILES string of the molecule is CC(C)(C)COc1ccc(-c2nc(-c3c(Cl)cccc3OCc3ncccn3)[nH]c(=O)n2)cc1. The number of nitrogens with one attached hydrogen (secondary N) is 1. The first-order chi connectivity index (χ1) is 16.3. The highest BCUT2D eigenvalue weighted by Gasteiger charge is 2.17. The topological polar surface area (TPSA) is 103 Å². The third-order valence-electron chi connectivity index (χ3n) is 4.62. The molecule has 2 aromatic carbocycles. The Balaban J connectivity index is 1.63. The lowest BCUT2D eigenvalue weighted by Crippen LogP contribution is -2.17. The van der Waals surface area contributed by atoms with Gasteiger partial charge in [-0.3, -0.25) is 4.98 Å². The second kappa shape index (κ2) is 10.0. The van der Waals surface area contributed by atoms with Crippen LogP contribution in [0.3, 0.4) is 0 Å². The highest BCUT2D eigenvalue weighted by molar-refractivity contribution is 6.33. The van der Waals surface area contributed by atoms with E-state index in [4.69, 9.17) is 21.1 Å². The predicted octanol–water partition coefficient (Wildman–Crippen LogP) is 4.95. The van der Waals surface area contributed by atoms with Gasteiger partial charge in [-0.25, -0.2) is 19.7 Å². The lowest BCUT2D eigenvalue weighted by molar-refractivity contribution is 0.198. The Kier molecular flexibility index (Phi) is 6.88. The van der Waals surface area contributed by atoms with Crippen LogP contribution in [0.4, 0.5) is 0 Å². The summed E-state index contributed by atoms with van der Waals surface area (Å²) >= 11 is 6.48. The molecule has 8 nitrogen and oxygen atoms in total. The summed E-state index contributed by atoms with van der Waals surface area (Å²) in [5.41, 5.74) is 0.615. The second-order valence-corrected chi connectivity index (χ2v) is 9.17. The van der Waals surface area contributed by atoms with Gasteiger partial charge in [0, 0.05) is 18.0 Å². The largest absolute Gasteiger partial charge is 0.493 e. The number of H-pyrrole nitrogens is 1. The summed E-state index contributed by atoms with van der Waals surface area (Å²) in [5, 5.41) is 0.373. The minimum atomic E-state index is -0.551. The lowest BCUT2D eigenvalue weighted by atomic mass is 9.99. The van der Waals surface area contributed by atoms with Crippen LogP contribution < -0.4 is 15.2 Å². The number of benzene rings is 2. The third kappa shape index (κ3) is 5.96. The van der Waals surface area contributed by atoms with Crippen LogP contribution in [0.15, 0.2) is 65.7 Å². The zero-order chi connectivity index (χ0) is 24.1. The molecule has 0 fully saturated rings. The quantitative estimate of drug-likeness (QED) is 0.401. The smallest absolute Gasteiger partial charge is 0.348 e. The van der Waals surface area contributed by atoms with Gasteiger partial charge >= 0.3 is 5.69 Å². The molecule has 0 aliphatic carbocycles. The Morgan fingerprint density at radius 2 is 1.68 bits per heavy atom. The van der Waals surface area contributed by atoms with Crippen molar-refractivity contribution < 1.29 is 9.47 Å². The highest BCUT2D eigenvalue weighted by atomic mass is 35.5. The Labute approximate surface area is 202 Å².